The summed E-state index contributed by atoms with van der Waals surface area (Å²) < 4.78 is 23.2. The normalized spacial score (nSPS) is 25.2. The molecule has 31 heavy (non-hydrogen) atoms. The first-order valence-corrected chi connectivity index (χ1v) is 13.2. The van der Waals surface area contributed by atoms with E-state index in [1.807, 2.05) is 30.3 Å². The molecule has 5 atom stereocenters. The van der Waals surface area contributed by atoms with Gasteiger partial charge in [-0.1, -0.05) is 0 Å². The van der Waals surface area contributed by atoms with Gasteiger partial charge in [0.15, 0.2) is 0 Å². The van der Waals surface area contributed by atoms with Crippen molar-refractivity contribution < 1.29 is 38.1 Å². The Bertz CT molecular complexity index is 793. The number of hydrogen-bond donors (Lipinski definition) is 1. The molecule has 1 aliphatic heterocycles. The van der Waals surface area contributed by atoms with Gasteiger partial charge in [-0.3, -0.25) is 0 Å². The average Bonchev–Trinajstić information content (AvgIpc) is 2.68. The van der Waals surface area contributed by atoms with Crippen molar-refractivity contribution in [1.29, 1.82) is 0 Å². The Balaban J connectivity index is 2.35. The Morgan fingerprint density at radius 3 is 2.13 bits per heavy atom. The molecule has 1 fully saturated rings. The molecule has 0 spiro atoms. The molecule has 0 bridgehead atoms. The van der Waals surface area contributed by atoms with Crippen LogP contribution in [0.15, 0.2) is 30.3 Å². The van der Waals surface area contributed by atoms with Gasteiger partial charge in [-0.25, -0.2) is 0 Å². The summed E-state index contributed by atoms with van der Waals surface area (Å²) in [5.41, 5.74) is -0.638. The predicted molar refractivity (Wildman–Crippen MR) is 113 cm³/mol. The van der Waals surface area contributed by atoms with E-state index in [1.54, 1.807) is 0 Å². The summed E-state index contributed by atoms with van der Waals surface area (Å²) >= 11 is -0.0936. The van der Waals surface area contributed by atoms with E-state index in [1.165, 1.54) is 37.9 Å². The third-order valence-electron chi connectivity index (χ3n) is 4.05. The molecule has 1 aliphatic rings. The summed E-state index contributed by atoms with van der Waals surface area (Å²) in [7, 11) is 1.44. The van der Waals surface area contributed by atoms with Gasteiger partial charge in [0.1, 0.15) is 0 Å². The van der Waals surface area contributed by atoms with Crippen molar-refractivity contribution in [2.45, 2.75) is 57.5 Å². The number of amides is 1. The number of rotatable bonds is 8. The Morgan fingerprint density at radius 2 is 1.58 bits per heavy atom. The fraction of sp³-hybridized carbons (Fsp3) is 0.500. The van der Waals surface area contributed by atoms with E-state index in [0.717, 1.165) is 4.46 Å². The van der Waals surface area contributed by atoms with Crippen molar-refractivity contribution in [3.05, 3.63) is 30.3 Å². The zero-order valence-electron chi connectivity index (χ0n) is 17.6. The standard InChI is InChI=1S/C20H25NO8SSe/c1-11(22)21-17-19(28-14(4)25)18(27-13(3)24)16(10-26-12(2)23)29-20(17)30-31-15-8-6-5-7-9-15/h5-9,16-20H,10H2,1-4H3,(H,21,22). The summed E-state index contributed by atoms with van der Waals surface area (Å²) in [6.45, 7) is 4.81. The van der Waals surface area contributed by atoms with Gasteiger partial charge in [-0.05, 0) is 0 Å². The molecule has 1 saturated heterocycles. The van der Waals surface area contributed by atoms with Gasteiger partial charge in [0, 0.05) is 0 Å². The topological polar surface area (TPSA) is 117 Å². The van der Waals surface area contributed by atoms with Crippen LogP contribution < -0.4 is 9.78 Å². The molecule has 2 rings (SSSR count). The van der Waals surface area contributed by atoms with Crippen LogP contribution in [0.1, 0.15) is 27.7 Å². The molecule has 11 heteroatoms. The molecule has 0 radical (unpaired) electrons. The van der Waals surface area contributed by atoms with Crippen LogP contribution in [-0.4, -0.2) is 74.0 Å². The fourth-order valence-corrected chi connectivity index (χ4v) is 7.16. The summed E-state index contributed by atoms with van der Waals surface area (Å²) in [5, 5.41) is 2.76. The third-order valence-corrected chi connectivity index (χ3v) is 8.52. The number of carbonyl (C=O) groups is 4. The summed E-state index contributed by atoms with van der Waals surface area (Å²) in [6.07, 6.45) is -2.98. The predicted octanol–water partition coefficient (Wildman–Crippen LogP) is 0.320. The van der Waals surface area contributed by atoms with E-state index in [0.29, 0.717) is 0 Å². The van der Waals surface area contributed by atoms with Gasteiger partial charge in [0.25, 0.3) is 0 Å². The SMILES string of the molecule is CC(=O)NC1C(S[Se]c2ccccc2)OC(COC(C)=O)C(OC(C)=O)C1OC(C)=O. The first-order valence-electron chi connectivity index (χ1n) is 9.46. The number of nitrogens with one attached hydrogen (secondary N) is 1. The van der Waals surface area contributed by atoms with Gasteiger partial charge >= 0.3 is 190 Å². The minimum absolute atomic E-state index is 0.0936. The van der Waals surface area contributed by atoms with Crippen molar-refractivity contribution in [2.75, 3.05) is 6.61 Å². The van der Waals surface area contributed by atoms with Crippen LogP contribution in [0.4, 0.5) is 0 Å². The number of benzene rings is 1. The van der Waals surface area contributed by atoms with E-state index in [-0.39, 0.29) is 26.4 Å². The third kappa shape index (κ3) is 8.17. The van der Waals surface area contributed by atoms with Gasteiger partial charge in [0.05, 0.1) is 0 Å². The molecule has 9 nitrogen and oxygen atoms in total. The van der Waals surface area contributed by atoms with Crippen LogP contribution in [0, 0.1) is 0 Å². The van der Waals surface area contributed by atoms with Crippen LogP contribution in [0.3, 0.4) is 0 Å². The van der Waals surface area contributed by atoms with Crippen molar-refractivity contribution in [2.24, 2.45) is 0 Å². The summed E-state index contributed by atoms with van der Waals surface area (Å²) in [6, 6.07) is 8.93. The molecule has 5 unspecified atom stereocenters. The van der Waals surface area contributed by atoms with E-state index in [9.17, 15) is 19.2 Å². The molecular formula is C20H25NO8SSe. The molecule has 170 valence electrons. The molecule has 1 heterocycles. The summed E-state index contributed by atoms with van der Waals surface area (Å²) in [4.78, 5) is 46.8. The second-order valence-electron chi connectivity index (χ2n) is 6.71. The maximum absolute atomic E-state index is 11.9. The van der Waals surface area contributed by atoms with Crippen molar-refractivity contribution in [1.82, 2.24) is 5.32 Å². The Labute approximate surface area is 190 Å². The zero-order valence-corrected chi connectivity index (χ0v) is 20.1. The van der Waals surface area contributed by atoms with Crippen LogP contribution in [0.2, 0.25) is 0 Å². The van der Waals surface area contributed by atoms with Crippen LogP contribution in [0.25, 0.3) is 0 Å². The molecule has 0 aliphatic carbocycles. The molecule has 0 aromatic heterocycles. The van der Waals surface area contributed by atoms with Crippen LogP contribution >= 0.6 is 10.2 Å². The molecule has 1 aromatic carbocycles. The Hall–Kier alpha value is -2.07. The number of hydrogen-bond acceptors (Lipinski definition) is 9. The Morgan fingerprint density at radius 1 is 0.968 bits per heavy atom. The minimum atomic E-state index is -1.07. The second kappa shape index (κ2) is 12.1. The van der Waals surface area contributed by atoms with Crippen LogP contribution in [0.5, 0.6) is 0 Å². The first kappa shape index (κ1) is 25.2. The average molecular weight is 518 g/mol. The summed E-state index contributed by atoms with van der Waals surface area (Å²) in [5.74, 6) is -2.12. The number of carbonyl (C=O) groups excluding carboxylic acids is 4. The number of esters is 3. The molecule has 1 aromatic rings. The van der Waals surface area contributed by atoms with Gasteiger partial charge < -0.3 is 0 Å². The fourth-order valence-electron chi connectivity index (χ4n) is 2.95. The quantitative estimate of drug-likeness (QED) is 0.295. The molecule has 1 amide bonds. The Kier molecular flexibility index (Phi) is 9.83. The number of ether oxygens (including phenoxy) is 4. The maximum atomic E-state index is 11.9. The van der Waals surface area contributed by atoms with Gasteiger partial charge in [-0.2, -0.15) is 0 Å². The zero-order chi connectivity index (χ0) is 23.0. The van der Waals surface area contributed by atoms with Crippen molar-refractivity contribution >= 4 is 52.3 Å². The molecule has 0 saturated carbocycles. The van der Waals surface area contributed by atoms with Crippen LogP contribution in [-0.2, 0) is 38.1 Å². The first-order chi connectivity index (χ1) is 14.7. The van der Waals surface area contributed by atoms with E-state index in [2.05, 4.69) is 5.32 Å². The molecular weight excluding hydrogens is 493 g/mol. The van der Waals surface area contributed by atoms with Gasteiger partial charge in [-0.15, -0.1) is 0 Å². The monoisotopic (exact) mass is 519 g/mol. The second-order valence-corrected chi connectivity index (χ2v) is 10.8. The van der Waals surface area contributed by atoms with Crippen molar-refractivity contribution in [3.8, 4) is 0 Å². The van der Waals surface area contributed by atoms with Gasteiger partial charge in [0.2, 0.25) is 0 Å². The van der Waals surface area contributed by atoms with Crippen molar-refractivity contribution in [3.63, 3.8) is 0 Å². The van der Waals surface area contributed by atoms with E-state index in [4.69, 9.17) is 18.9 Å². The van der Waals surface area contributed by atoms with E-state index < -0.39 is 47.7 Å². The van der Waals surface area contributed by atoms with E-state index >= 15 is 0 Å². The molecule has 1 N–H and O–H groups in total.